The highest BCUT2D eigenvalue weighted by Crippen LogP contribution is 2.37. The fraction of sp³-hybridized carbons (Fsp3) is 0.615. The van der Waals surface area contributed by atoms with Gasteiger partial charge in [0.25, 0.3) is 0 Å². The molecule has 0 radical (unpaired) electrons. The summed E-state index contributed by atoms with van der Waals surface area (Å²) in [6.07, 6.45) is 2.28. The first-order chi connectivity index (χ1) is 9.19. The number of rotatable bonds is 6. The van der Waals surface area contributed by atoms with Crippen molar-refractivity contribution in [1.82, 2.24) is 15.2 Å². The molecule has 0 aliphatic heterocycles. The number of aryl methyl sites for hydroxylation is 1. The first kappa shape index (κ1) is 14.4. The van der Waals surface area contributed by atoms with Crippen LogP contribution in [0.1, 0.15) is 50.2 Å². The maximum Gasteiger partial charge on any atom is 0.206 e. The number of thiazole rings is 1. The molecule has 4 nitrogen and oxygen atoms in total. The molecule has 0 atom stereocenters. The third-order valence-electron chi connectivity index (χ3n) is 3.10. The third-order valence-corrected chi connectivity index (χ3v) is 5.45. The second-order valence-electron chi connectivity index (χ2n) is 4.42. The molecule has 2 heterocycles. The molecule has 0 fully saturated rings. The lowest BCUT2D eigenvalue weighted by Crippen LogP contribution is -1.94. The Labute approximate surface area is 122 Å². The zero-order valence-corrected chi connectivity index (χ0v) is 13.5. The van der Waals surface area contributed by atoms with Gasteiger partial charge in [-0.05, 0) is 26.7 Å². The van der Waals surface area contributed by atoms with Gasteiger partial charge in [0.1, 0.15) is 0 Å². The van der Waals surface area contributed by atoms with Gasteiger partial charge in [-0.1, -0.05) is 25.2 Å². The van der Waals surface area contributed by atoms with Crippen LogP contribution < -0.4 is 5.32 Å². The van der Waals surface area contributed by atoms with Gasteiger partial charge in [-0.25, -0.2) is 4.98 Å². The smallest absolute Gasteiger partial charge is 0.206 e. The summed E-state index contributed by atoms with van der Waals surface area (Å²) in [4.78, 5) is 5.89. The van der Waals surface area contributed by atoms with E-state index in [1.165, 1.54) is 9.88 Å². The molecule has 104 valence electrons. The monoisotopic (exact) mass is 296 g/mol. The van der Waals surface area contributed by atoms with Crippen LogP contribution in [0.4, 0.5) is 5.13 Å². The first-order valence-electron chi connectivity index (χ1n) is 6.74. The molecule has 0 bridgehead atoms. The molecule has 0 aliphatic rings. The van der Waals surface area contributed by atoms with E-state index in [1.807, 2.05) is 0 Å². The summed E-state index contributed by atoms with van der Waals surface area (Å²) in [7, 11) is 0. The Hall–Kier alpha value is -1.01. The van der Waals surface area contributed by atoms with Crippen molar-refractivity contribution in [3.8, 4) is 9.88 Å². The van der Waals surface area contributed by atoms with Crippen molar-refractivity contribution < 1.29 is 0 Å². The molecule has 0 spiro atoms. The summed E-state index contributed by atoms with van der Waals surface area (Å²) in [6.45, 7) is 9.43. The van der Waals surface area contributed by atoms with Crippen molar-refractivity contribution in [2.45, 2.75) is 46.5 Å². The molecule has 6 heteroatoms. The molecular weight excluding hydrogens is 276 g/mol. The summed E-state index contributed by atoms with van der Waals surface area (Å²) in [6, 6.07) is 0. The Balaban J connectivity index is 2.28. The van der Waals surface area contributed by atoms with E-state index in [9.17, 15) is 0 Å². The number of aromatic nitrogens is 3. The van der Waals surface area contributed by atoms with Gasteiger partial charge in [-0.2, -0.15) is 0 Å². The quantitative estimate of drug-likeness (QED) is 0.863. The van der Waals surface area contributed by atoms with Crippen molar-refractivity contribution in [3.05, 3.63) is 10.7 Å². The van der Waals surface area contributed by atoms with Crippen LogP contribution in [-0.2, 0) is 0 Å². The Morgan fingerprint density at radius 1 is 1.11 bits per heavy atom. The predicted molar refractivity (Wildman–Crippen MR) is 83.2 cm³/mol. The molecule has 0 saturated heterocycles. The number of nitrogens with zero attached hydrogens (tertiary/aromatic N) is 3. The van der Waals surface area contributed by atoms with Crippen molar-refractivity contribution >= 4 is 27.8 Å². The normalized spacial score (nSPS) is 11.2. The van der Waals surface area contributed by atoms with E-state index >= 15 is 0 Å². The van der Waals surface area contributed by atoms with Crippen molar-refractivity contribution in [1.29, 1.82) is 0 Å². The number of anilines is 1. The molecule has 0 amide bonds. The SMILES string of the molecule is CCNc1nnc(-c2sc(C(CC)CC)nc2C)s1. The summed E-state index contributed by atoms with van der Waals surface area (Å²) in [5.41, 5.74) is 1.08. The number of hydrogen-bond acceptors (Lipinski definition) is 6. The van der Waals surface area contributed by atoms with Gasteiger partial charge in [0, 0.05) is 12.5 Å². The largest absolute Gasteiger partial charge is 0.360 e. The molecule has 0 aromatic carbocycles. The van der Waals surface area contributed by atoms with Gasteiger partial charge in [0.15, 0.2) is 5.01 Å². The van der Waals surface area contributed by atoms with E-state index < -0.39 is 0 Å². The summed E-state index contributed by atoms with van der Waals surface area (Å²) in [5.74, 6) is 0.568. The molecule has 0 saturated carbocycles. The van der Waals surface area contributed by atoms with Crippen LogP contribution >= 0.6 is 22.7 Å². The first-order valence-corrected chi connectivity index (χ1v) is 8.37. The minimum absolute atomic E-state index is 0.568. The zero-order valence-electron chi connectivity index (χ0n) is 11.9. The van der Waals surface area contributed by atoms with Gasteiger partial charge in [-0.3, -0.25) is 0 Å². The van der Waals surface area contributed by atoms with Crippen molar-refractivity contribution in [2.75, 3.05) is 11.9 Å². The highest BCUT2D eigenvalue weighted by atomic mass is 32.1. The molecule has 1 N–H and O–H groups in total. The molecule has 2 aromatic heterocycles. The van der Waals surface area contributed by atoms with E-state index in [0.29, 0.717) is 5.92 Å². The number of hydrogen-bond donors (Lipinski definition) is 1. The van der Waals surface area contributed by atoms with E-state index in [0.717, 1.165) is 35.2 Å². The van der Waals surface area contributed by atoms with Gasteiger partial charge >= 0.3 is 0 Å². The van der Waals surface area contributed by atoms with Crippen LogP contribution in [0.3, 0.4) is 0 Å². The van der Waals surface area contributed by atoms with Crippen LogP contribution in [0.2, 0.25) is 0 Å². The van der Waals surface area contributed by atoms with Crippen LogP contribution in [0.15, 0.2) is 0 Å². The highest BCUT2D eigenvalue weighted by Gasteiger charge is 2.18. The topological polar surface area (TPSA) is 50.7 Å². The molecule has 19 heavy (non-hydrogen) atoms. The van der Waals surface area contributed by atoms with Crippen LogP contribution in [0.5, 0.6) is 0 Å². The predicted octanol–water partition coefficient (Wildman–Crippen LogP) is 4.31. The fourth-order valence-electron chi connectivity index (χ4n) is 1.97. The van der Waals surface area contributed by atoms with E-state index in [2.05, 4.69) is 43.2 Å². The van der Waals surface area contributed by atoms with Gasteiger partial charge in [-0.15, -0.1) is 21.5 Å². The van der Waals surface area contributed by atoms with Gasteiger partial charge in [0.05, 0.1) is 15.6 Å². The molecule has 2 aromatic rings. The maximum absolute atomic E-state index is 4.72. The second kappa shape index (κ2) is 6.43. The van der Waals surface area contributed by atoms with Crippen molar-refractivity contribution in [3.63, 3.8) is 0 Å². The maximum atomic E-state index is 4.72. The Kier molecular flexibility index (Phi) is 4.87. The van der Waals surface area contributed by atoms with Gasteiger partial charge in [0.2, 0.25) is 5.13 Å². The lowest BCUT2D eigenvalue weighted by atomic mass is 10.1. The standard InChI is InChI=1S/C13H20N4S2/c1-5-9(6-2)11-15-8(4)10(18-11)12-16-17-13(19-12)14-7-3/h9H,5-7H2,1-4H3,(H,14,17). The zero-order chi connectivity index (χ0) is 13.8. The second-order valence-corrected chi connectivity index (χ2v) is 6.43. The average molecular weight is 296 g/mol. The van der Waals surface area contributed by atoms with Crippen LogP contribution in [0, 0.1) is 6.92 Å². The van der Waals surface area contributed by atoms with Crippen molar-refractivity contribution in [2.24, 2.45) is 0 Å². The summed E-state index contributed by atoms with van der Waals surface area (Å²) in [5, 5.41) is 14.7. The Bertz CT molecular complexity index is 528. The van der Waals surface area contributed by atoms with Crippen LogP contribution in [0.25, 0.3) is 9.88 Å². The molecule has 0 unspecified atom stereocenters. The minimum atomic E-state index is 0.568. The fourth-order valence-corrected chi connectivity index (χ4v) is 4.23. The lowest BCUT2D eigenvalue weighted by Gasteiger charge is -2.06. The molecule has 2 rings (SSSR count). The minimum Gasteiger partial charge on any atom is -0.360 e. The van der Waals surface area contributed by atoms with E-state index in [1.54, 1.807) is 22.7 Å². The molecule has 0 aliphatic carbocycles. The number of nitrogens with one attached hydrogen (secondary N) is 1. The van der Waals surface area contributed by atoms with E-state index in [4.69, 9.17) is 4.98 Å². The third kappa shape index (κ3) is 3.12. The van der Waals surface area contributed by atoms with Gasteiger partial charge < -0.3 is 5.32 Å². The highest BCUT2D eigenvalue weighted by molar-refractivity contribution is 7.23. The van der Waals surface area contributed by atoms with Crippen LogP contribution in [-0.4, -0.2) is 21.7 Å². The average Bonchev–Trinajstić information content (AvgIpc) is 2.98. The summed E-state index contributed by atoms with van der Waals surface area (Å²) >= 11 is 3.37. The Morgan fingerprint density at radius 3 is 2.47 bits per heavy atom. The molecular formula is C13H20N4S2. The Morgan fingerprint density at radius 2 is 1.84 bits per heavy atom. The lowest BCUT2D eigenvalue weighted by molar-refractivity contribution is 0.636. The van der Waals surface area contributed by atoms with E-state index in [-0.39, 0.29) is 0 Å². The summed E-state index contributed by atoms with van der Waals surface area (Å²) < 4.78 is 0.